The summed E-state index contributed by atoms with van der Waals surface area (Å²) in [5, 5.41) is 11.7. The van der Waals surface area contributed by atoms with E-state index in [4.69, 9.17) is 14.9 Å². The predicted molar refractivity (Wildman–Crippen MR) is 82.6 cm³/mol. The molecule has 0 spiro atoms. The SMILES string of the molecule is CCOC(=O)C(=N)C(C)(C(=O)OCC)C1C(=O)NN=CC1=NC. The summed E-state index contributed by atoms with van der Waals surface area (Å²) < 4.78 is 9.78. The molecule has 0 aromatic heterocycles. The highest BCUT2D eigenvalue weighted by Gasteiger charge is 2.55. The molecule has 1 aliphatic heterocycles. The normalized spacial score (nSPS) is 21.3. The van der Waals surface area contributed by atoms with Crippen molar-refractivity contribution in [3.8, 4) is 0 Å². The van der Waals surface area contributed by atoms with E-state index in [-0.39, 0.29) is 18.9 Å². The van der Waals surface area contributed by atoms with Gasteiger partial charge in [0.05, 0.1) is 25.1 Å². The lowest BCUT2D eigenvalue weighted by Gasteiger charge is -2.34. The molecule has 23 heavy (non-hydrogen) atoms. The van der Waals surface area contributed by atoms with Crippen LogP contribution in [0.5, 0.6) is 0 Å². The summed E-state index contributed by atoms with van der Waals surface area (Å²) in [6.07, 6.45) is 1.27. The van der Waals surface area contributed by atoms with Gasteiger partial charge >= 0.3 is 11.9 Å². The fourth-order valence-electron chi connectivity index (χ4n) is 2.24. The monoisotopic (exact) mass is 324 g/mol. The Kier molecular flexibility index (Phi) is 6.11. The lowest BCUT2D eigenvalue weighted by Crippen LogP contribution is -2.56. The van der Waals surface area contributed by atoms with Crippen molar-refractivity contribution in [1.29, 1.82) is 5.41 Å². The van der Waals surface area contributed by atoms with Crippen molar-refractivity contribution < 1.29 is 23.9 Å². The molecule has 1 heterocycles. The number of esters is 2. The standard InChI is InChI=1S/C14H20N4O5/c1-5-22-12(20)10(15)14(3,13(21)23-6-2)9-8(16-4)7-17-18-11(9)19/h7,9,15H,5-6H2,1-4H3,(H,18,19). The lowest BCUT2D eigenvalue weighted by atomic mass is 9.70. The topological polar surface area (TPSA) is 130 Å². The number of carbonyl (C=O) groups is 3. The Morgan fingerprint density at radius 3 is 2.52 bits per heavy atom. The Labute approximate surface area is 133 Å². The Balaban J connectivity index is 3.42. The fourth-order valence-corrected chi connectivity index (χ4v) is 2.24. The zero-order valence-corrected chi connectivity index (χ0v) is 13.5. The summed E-state index contributed by atoms with van der Waals surface area (Å²) in [5.74, 6) is -3.75. The van der Waals surface area contributed by atoms with E-state index in [1.807, 2.05) is 0 Å². The molecule has 9 heteroatoms. The van der Waals surface area contributed by atoms with Crippen LogP contribution in [0, 0.1) is 16.7 Å². The second-order valence-corrected chi connectivity index (χ2v) is 4.83. The van der Waals surface area contributed by atoms with E-state index in [0.29, 0.717) is 0 Å². The number of hydrazone groups is 1. The number of nitrogens with one attached hydrogen (secondary N) is 2. The van der Waals surface area contributed by atoms with Gasteiger partial charge in [0.1, 0.15) is 17.0 Å². The number of nitrogens with zero attached hydrogens (tertiary/aromatic N) is 2. The number of carbonyl (C=O) groups excluding carboxylic acids is 3. The van der Waals surface area contributed by atoms with Crippen molar-refractivity contribution in [3.05, 3.63) is 0 Å². The van der Waals surface area contributed by atoms with Gasteiger partial charge in [-0.3, -0.25) is 20.0 Å². The number of hydrogen-bond donors (Lipinski definition) is 2. The highest BCUT2D eigenvalue weighted by atomic mass is 16.5. The van der Waals surface area contributed by atoms with Gasteiger partial charge in [-0.2, -0.15) is 5.10 Å². The zero-order valence-electron chi connectivity index (χ0n) is 13.5. The summed E-state index contributed by atoms with van der Waals surface area (Å²) in [4.78, 5) is 40.6. The Morgan fingerprint density at radius 2 is 2.00 bits per heavy atom. The van der Waals surface area contributed by atoms with Crippen LogP contribution in [0.1, 0.15) is 20.8 Å². The number of ether oxygens (including phenoxy) is 2. The van der Waals surface area contributed by atoms with Crippen molar-refractivity contribution >= 4 is 35.5 Å². The van der Waals surface area contributed by atoms with Crippen molar-refractivity contribution in [2.24, 2.45) is 21.4 Å². The smallest absolute Gasteiger partial charge is 0.353 e. The van der Waals surface area contributed by atoms with Crippen molar-refractivity contribution in [2.45, 2.75) is 20.8 Å². The summed E-state index contributed by atoms with van der Waals surface area (Å²) in [5.41, 5.74) is -0.170. The Bertz CT molecular complexity index is 584. The molecular weight excluding hydrogens is 304 g/mol. The second-order valence-electron chi connectivity index (χ2n) is 4.83. The fraction of sp³-hybridized carbons (Fsp3) is 0.571. The molecule has 0 bridgehead atoms. The van der Waals surface area contributed by atoms with Crippen LogP contribution in [0.15, 0.2) is 10.1 Å². The molecular formula is C14H20N4O5. The molecule has 0 radical (unpaired) electrons. The molecule has 2 N–H and O–H groups in total. The highest BCUT2D eigenvalue weighted by molar-refractivity contribution is 6.46. The van der Waals surface area contributed by atoms with Gasteiger partial charge in [0, 0.05) is 7.05 Å². The van der Waals surface area contributed by atoms with E-state index in [9.17, 15) is 14.4 Å². The van der Waals surface area contributed by atoms with E-state index in [1.54, 1.807) is 13.8 Å². The van der Waals surface area contributed by atoms with Crippen LogP contribution >= 0.6 is 0 Å². The highest BCUT2D eigenvalue weighted by Crippen LogP contribution is 2.33. The summed E-state index contributed by atoms with van der Waals surface area (Å²) >= 11 is 0. The molecule has 9 nitrogen and oxygen atoms in total. The van der Waals surface area contributed by atoms with Crippen LogP contribution in [0.4, 0.5) is 0 Å². The molecule has 126 valence electrons. The van der Waals surface area contributed by atoms with E-state index in [0.717, 1.165) is 0 Å². The molecule has 0 saturated carbocycles. The maximum Gasteiger partial charge on any atom is 0.353 e. The third kappa shape index (κ3) is 3.43. The molecule has 1 rings (SSSR count). The maximum atomic E-state index is 12.5. The average Bonchev–Trinajstić information content (AvgIpc) is 2.53. The lowest BCUT2D eigenvalue weighted by molar-refractivity contribution is -0.155. The first-order chi connectivity index (χ1) is 10.8. The van der Waals surface area contributed by atoms with E-state index < -0.39 is 34.9 Å². The van der Waals surface area contributed by atoms with E-state index in [1.165, 1.54) is 20.2 Å². The van der Waals surface area contributed by atoms with Crippen LogP contribution in [0.3, 0.4) is 0 Å². The molecule has 0 aliphatic carbocycles. The van der Waals surface area contributed by atoms with E-state index >= 15 is 0 Å². The van der Waals surface area contributed by atoms with Crippen LogP contribution < -0.4 is 5.43 Å². The molecule has 1 amide bonds. The van der Waals surface area contributed by atoms with Gasteiger partial charge in [-0.1, -0.05) is 0 Å². The zero-order chi connectivity index (χ0) is 17.6. The third-order valence-electron chi connectivity index (χ3n) is 3.46. The first-order valence-electron chi connectivity index (χ1n) is 7.07. The first kappa shape index (κ1) is 18.5. The number of aliphatic imine (C=N–C) groups is 1. The van der Waals surface area contributed by atoms with Gasteiger partial charge < -0.3 is 9.47 Å². The quantitative estimate of drug-likeness (QED) is 0.522. The Morgan fingerprint density at radius 1 is 1.39 bits per heavy atom. The van der Waals surface area contributed by atoms with Gasteiger partial charge in [-0.15, -0.1) is 0 Å². The number of rotatable bonds is 6. The van der Waals surface area contributed by atoms with Crippen LogP contribution in [-0.4, -0.2) is 55.7 Å². The van der Waals surface area contributed by atoms with Crippen molar-refractivity contribution in [2.75, 3.05) is 20.3 Å². The number of amides is 1. The van der Waals surface area contributed by atoms with Crippen LogP contribution in [0.2, 0.25) is 0 Å². The molecule has 2 atom stereocenters. The summed E-state index contributed by atoms with van der Waals surface area (Å²) in [7, 11) is 1.42. The van der Waals surface area contributed by atoms with Gasteiger partial charge in [-0.05, 0) is 20.8 Å². The minimum Gasteiger partial charge on any atom is -0.465 e. The van der Waals surface area contributed by atoms with Crippen molar-refractivity contribution in [3.63, 3.8) is 0 Å². The molecule has 0 fully saturated rings. The predicted octanol–water partition coefficient (Wildman–Crippen LogP) is -0.0587. The Hall–Kier alpha value is -2.58. The minimum absolute atomic E-state index is 0.0333. The minimum atomic E-state index is -1.88. The molecule has 1 aliphatic rings. The van der Waals surface area contributed by atoms with Gasteiger partial charge in [0.15, 0.2) is 0 Å². The summed E-state index contributed by atoms with van der Waals surface area (Å²) in [6, 6.07) is 0. The summed E-state index contributed by atoms with van der Waals surface area (Å²) in [6.45, 7) is 4.52. The van der Waals surface area contributed by atoms with Crippen LogP contribution in [0.25, 0.3) is 0 Å². The molecule has 0 aromatic rings. The van der Waals surface area contributed by atoms with Crippen LogP contribution in [-0.2, 0) is 23.9 Å². The molecule has 0 aromatic carbocycles. The second kappa shape index (κ2) is 7.61. The van der Waals surface area contributed by atoms with Crippen molar-refractivity contribution in [1.82, 2.24) is 5.43 Å². The molecule has 2 unspecified atom stereocenters. The average molecular weight is 324 g/mol. The third-order valence-corrected chi connectivity index (χ3v) is 3.46. The number of hydrogen-bond acceptors (Lipinski definition) is 8. The largest absolute Gasteiger partial charge is 0.465 e. The molecule has 0 saturated heterocycles. The van der Waals surface area contributed by atoms with Gasteiger partial charge in [0.2, 0.25) is 0 Å². The van der Waals surface area contributed by atoms with Gasteiger partial charge in [-0.25, -0.2) is 10.2 Å². The van der Waals surface area contributed by atoms with E-state index in [2.05, 4.69) is 15.5 Å². The first-order valence-corrected chi connectivity index (χ1v) is 7.07. The van der Waals surface area contributed by atoms with Gasteiger partial charge in [0.25, 0.3) is 5.91 Å². The maximum absolute atomic E-state index is 12.5.